The first-order chi connectivity index (χ1) is 40.7. The van der Waals surface area contributed by atoms with Crippen molar-refractivity contribution >= 4 is 71.3 Å². The number of fused-ring (bicyclic) bond motifs is 4. The molecule has 0 saturated heterocycles. The molecule has 4 aromatic rings. The number of ether oxygens (including phenoxy) is 2. The molecule has 470 valence electrons. The van der Waals surface area contributed by atoms with E-state index < -0.39 is 29.1 Å². The SMILES string of the molecule is CC(=O)N(C)CCN.CC(=O)N(C)CCN1C(=O)c2ccccc2C1=O.CN(CCN)C(=O)OC(C)(C)C.CN(CCN1C(=O)c2ccccc2C1=O)C(=O)OC(C)(C)C.CNCCN1C(=O)c2ccccc2C1=O.O=C1c2ccccc2C(=O)N1O. The fourth-order valence-electron chi connectivity index (χ4n) is 7.79. The lowest BCUT2D eigenvalue weighted by molar-refractivity contribution is -0.128. The normalized spacial score (nSPS) is 13.4. The molecule has 0 unspecified atom stereocenters. The van der Waals surface area contributed by atoms with Crippen LogP contribution in [0.5, 0.6) is 0 Å². The molecule has 0 aromatic heterocycles. The van der Waals surface area contributed by atoms with Gasteiger partial charge in [-0.3, -0.25) is 67.9 Å². The van der Waals surface area contributed by atoms with Crippen molar-refractivity contribution in [3.63, 3.8) is 0 Å². The summed E-state index contributed by atoms with van der Waals surface area (Å²) in [6.07, 6.45) is -0.808. The summed E-state index contributed by atoms with van der Waals surface area (Å²) < 4.78 is 10.3. The minimum absolute atomic E-state index is 0.0652. The van der Waals surface area contributed by atoms with Crippen molar-refractivity contribution in [3.8, 4) is 0 Å². The lowest BCUT2D eigenvalue weighted by atomic mass is 10.1. The summed E-state index contributed by atoms with van der Waals surface area (Å²) in [4.78, 5) is 148. The molecule has 4 aromatic carbocycles. The van der Waals surface area contributed by atoms with Gasteiger partial charge in [-0.2, -0.15) is 0 Å². The van der Waals surface area contributed by atoms with Crippen molar-refractivity contribution < 1.29 is 72.2 Å². The Morgan fingerprint density at radius 1 is 0.425 bits per heavy atom. The summed E-state index contributed by atoms with van der Waals surface area (Å²) in [5.74, 6) is -2.93. The first-order valence-corrected chi connectivity index (χ1v) is 27.6. The van der Waals surface area contributed by atoms with E-state index in [-0.39, 0.29) is 89.2 Å². The van der Waals surface area contributed by atoms with Crippen LogP contribution in [-0.2, 0) is 19.1 Å². The number of carbonyl (C=O) groups is 12. The number of nitrogens with two attached hydrogens (primary N) is 2. The molecular weight excluding hydrogens is 1130 g/mol. The number of nitrogens with one attached hydrogen (secondary N) is 1. The maximum absolute atomic E-state index is 12.2. The van der Waals surface area contributed by atoms with Crippen molar-refractivity contribution in [1.82, 2.24) is 44.7 Å². The predicted octanol–water partition coefficient (Wildman–Crippen LogP) is 4.32. The molecule has 26 heteroatoms. The van der Waals surface area contributed by atoms with E-state index >= 15 is 0 Å². The number of hydroxylamine groups is 2. The molecule has 12 amide bonds. The Hall–Kier alpha value is -9.24. The minimum Gasteiger partial charge on any atom is -0.444 e. The van der Waals surface area contributed by atoms with E-state index in [0.717, 1.165) is 4.90 Å². The van der Waals surface area contributed by atoms with Crippen LogP contribution >= 0.6 is 0 Å². The summed E-state index contributed by atoms with van der Waals surface area (Å²) in [5, 5.41) is 12.0. The van der Waals surface area contributed by atoms with Crippen molar-refractivity contribution in [2.45, 2.75) is 66.6 Å². The van der Waals surface area contributed by atoms with E-state index in [0.29, 0.717) is 79.2 Å². The maximum atomic E-state index is 12.2. The lowest BCUT2D eigenvalue weighted by Gasteiger charge is -2.25. The summed E-state index contributed by atoms with van der Waals surface area (Å²) in [6.45, 7) is 18.0. The second kappa shape index (κ2) is 32.9. The lowest BCUT2D eigenvalue weighted by Crippen LogP contribution is -2.41. The van der Waals surface area contributed by atoms with E-state index in [2.05, 4.69) is 5.32 Å². The fraction of sp³-hybridized carbons (Fsp3) is 0.410. The summed E-state index contributed by atoms with van der Waals surface area (Å²) in [6, 6.07) is 26.7. The molecule has 4 aliphatic heterocycles. The van der Waals surface area contributed by atoms with Crippen LogP contribution in [0.2, 0.25) is 0 Å². The molecule has 0 bridgehead atoms. The molecule has 4 aliphatic rings. The van der Waals surface area contributed by atoms with E-state index in [1.165, 1.54) is 50.5 Å². The van der Waals surface area contributed by atoms with E-state index in [9.17, 15) is 57.5 Å². The standard InChI is InChI=1S/C16H20N2O4.C13H14N2O3.C11H12N2O2.C8H18N2O2.C8H5NO3.C5H12N2O/c1-16(2,3)22-15(21)17(4)9-10-18-13(19)11-7-5-6-8-12(11)14(18)20;1-9(16)14(2)7-8-15-12(17)10-5-3-4-6-11(10)13(15)18;1-12-6-7-13-10(14)8-4-2-3-5-9(8)11(13)15;1-8(2,3)12-7(11)10(4)6-5-9;10-7-5-3-1-2-4-6(5)8(11)9(7)12;1-5(8)7(2)4-3-6/h5-8H,9-10H2,1-4H3;3-6H,7-8H2,1-2H3;2-5,12H,6-7H2,1H3;5-6,9H2,1-4H3;1-4,12H;3-4,6H2,1-2H3. The summed E-state index contributed by atoms with van der Waals surface area (Å²) in [7, 11) is 8.40. The van der Waals surface area contributed by atoms with Gasteiger partial charge in [-0.25, -0.2) is 9.59 Å². The predicted molar refractivity (Wildman–Crippen MR) is 321 cm³/mol. The van der Waals surface area contributed by atoms with Gasteiger partial charge in [-0.05, 0) is 97.1 Å². The number of carbonyl (C=O) groups excluding carboxylic acids is 12. The third-order valence-corrected chi connectivity index (χ3v) is 12.7. The van der Waals surface area contributed by atoms with Crippen molar-refractivity contribution in [3.05, 3.63) is 142 Å². The average Bonchev–Trinajstić information content (AvgIpc) is 2.80. The average molecular weight is 1210 g/mol. The van der Waals surface area contributed by atoms with Gasteiger partial charge in [0.1, 0.15) is 11.2 Å². The van der Waals surface area contributed by atoms with E-state index in [1.807, 2.05) is 20.8 Å². The number of nitrogens with zero attached hydrogens (tertiary/aromatic N) is 8. The summed E-state index contributed by atoms with van der Waals surface area (Å²) in [5.41, 5.74) is 12.7. The van der Waals surface area contributed by atoms with Gasteiger partial charge >= 0.3 is 12.2 Å². The monoisotopic (exact) mass is 1210 g/mol. The number of imide groups is 4. The second-order valence-electron chi connectivity index (χ2n) is 21.8. The molecule has 0 fully saturated rings. The minimum atomic E-state index is -0.657. The van der Waals surface area contributed by atoms with Gasteiger partial charge < -0.3 is 45.9 Å². The molecular formula is C61H81N11O15. The molecule has 0 spiro atoms. The molecule has 87 heavy (non-hydrogen) atoms. The van der Waals surface area contributed by atoms with E-state index in [1.54, 1.807) is 146 Å². The molecule has 4 heterocycles. The number of likely N-dealkylation sites (N-methyl/N-ethyl adjacent to an activating group) is 5. The Morgan fingerprint density at radius 3 is 0.897 bits per heavy atom. The second-order valence-corrected chi connectivity index (χ2v) is 21.8. The van der Waals surface area contributed by atoms with Gasteiger partial charge in [0.25, 0.3) is 47.3 Å². The number of rotatable bonds is 13. The molecule has 6 N–H and O–H groups in total. The smallest absolute Gasteiger partial charge is 0.410 e. The Bertz CT molecular complexity index is 3030. The van der Waals surface area contributed by atoms with Crippen molar-refractivity contribution in [1.29, 1.82) is 0 Å². The van der Waals surface area contributed by atoms with Gasteiger partial charge in [-0.1, -0.05) is 48.5 Å². The highest BCUT2D eigenvalue weighted by atomic mass is 16.6. The van der Waals surface area contributed by atoms with Gasteiger partial charge in [0.15, 0.2) is 0 Å². The Balaban J connectivity index is 0.000000280. The molecule has 0 saturated carbocycles. The van der Waals surface area contributed by atoms with E-state index in [4.69, 9.17) is 26.1 Å². The van der Waals surface area contributed by atoms with Crippen LogP contribution in [0.4, 0.5) is 9.59 Å². The highest BCUT2D eigenvalue weighted by Crippen LogP contribution is 2.25. The topological polar surface area (TPSA) is 334 Å². The molecule has 26 nitrogen and oxygen atoms in total. The molecule has 0 atom stereocenters. The number of amides is 12. The Morgan fingerprint density at radius 2 is 0.655 bits per heavy atom. The van der Waals surface area contributed by atoms with Crippen molar-refractivity contribution in [2.75, 3.05) is 101 Å². The first kappa shape index (κ1) is 72.0. The van der Waals surface area contributed by atoms with Crippen LogP contribution in [0.1, 0.15) is 138 Å². The number of hydrogen-bond donors (Lipinski definition) is 4. The van der Waals surface area contributed by atoms with Crippen LogP contribution < -0.4 is 16.8 Å². The van der Waals surface area contributed by atoms with Gasteiger partial charge in [0.05, 0.1) is 44.5 Å². The zero-order valence-corrected chi connectivity index (χ0v) is 51.7. The van der Waals surface area contributed by atoms with Gasteiger partial charge in [0, 0.05) is 107 Å². The molecule has 8 rings (SSSR count). The Kier molecular flexibility index (Phi) is 27.2. The number of benzene rings is 4. The maximum Gasteiger partial charge on any atom is 0.410 e. The third-order valence-electron chi connectivity index (χ3n) is 12.7. The van der Waals surface area contributed by atoms with Crippen LogP contribution in [-0.4, -0.2) is 228 Å². The van der Waals surface area contributed by atoms with Gasteiger partial charge in [0.2, 0.25) is 11.8 Å². The van der Waals surface area contributed by atoms with Crippen LogP contribution in [0.3, 0.4) is 0 Å². The fourth-order valence-corrected chi connectivity index (χ4v) is 7.79. The number of hydrogen-bond acceptors (Lipinski definition) is 18. The van der Waals surface area contributed by atoms with Crippen LogP contribution in [0.25, 0.3) is 0 Å². The molecule has 0 radical (unpaired) electrons. The zero-order chi connectivity index (χ0) is 65.7. The van der Waals surface area contributed by atoms with Crippen LogP contribution in [0.15, 0.2) is 97.1 Å². The highest BCUT2D eigenvalue weighted by Gasteiger charge is 2.38. The summed E-state index contributed by atoms with van der Waals surface area (Å²) >= 11 is 0. The largest absolute Gasteiger partial charge is 0.444 e. The van der Waals surface area contributed by atoms with Gasteiger partial charge in [-0.15, -0.1) is 5.06 Å². The quantitative estimate of drug-likeness (QED) is 0.107. The first-order valence-electron chi connectivity index (χ1n) is 27.6. The van der Waals surface area contributed by atoms with Crippen molar-refractivity contribution in [2.24, 2.45) is 11.5 Å². The molecule has 0 aliphatic carbocycles. The highest BCUT2D eigenvalue weighted by molar-refractivity contribution is 6.23. The third kappa shape index (κ3) is 20.5. The Labute approximate surface area is 506 Å². The zero-order valence-electron chi connectivity index (χ0n) is 51.7. The van der Waals surface area contributed by atoms with Crippen LogP contribution in [0, 0.1) is 0 Å².